The lowest BCUT2D eigenvalue weighted by Crippen LogP contribution is -2.52. The number of carbonyl (C=O) groups is 1. The van der Waals surface area contributed by atoms with E-state index in [0.717, 1.165) is 26.0 Å². The molecular formula is C13H24N2O3. The lowest BCUT2D eigenvalue weighted by atomic mass is 9.88. The Labute approximate surface area is 109 Å². The van der Waals surface area contributed by atoms with E-state index < -0.39 is 0 Å². The Balaban J connectivity index is 1.72. The fourth-order valence-corrected chi connectivity index (χ4v) is 2.64. The average molecular weight is 256 g/mol. The van der Waals surface area contributed by atoms with E-state index in [1.54, 1.807) is 0 Å². The molecule has 2 unspecified atom stereocenters. The predicted molar refractivity (Wildman–Crippen MR) is 68.4 cm³/mol. The summed E-state index contributed by atoms with van der Waals surface area (Å²) in [6.07, 6.45) is 2.22. The zero-order chi connectivity index (χ0) is 13.0. The van der Waals surface area contributed by atoms with Crippen molar-refractivity contribution >= 4 is 5.91 Å². The number of nitrogens with one attached hydrogen (secondary N) is 2. The summed E-state index contributed by atoms with van der Waals surface area (Å²) in [5, 5.41) is 6.40. The van der Waals surface area contributed by atoms with E-state index in [0.29, 0.717) is 19.3 Å². The van der Waals surface area contributed by atoms with Crippen molar-refractivity contribution < 1.29 is 14.3 Å². The molecule has 5 heteroatoms. The zero-order valence-electron chi connectivity index (χ0n) is 11.3. The summed E-state index contributed by atoms with van der Waals surface area (Å²) in [6.45, 7) is 6.84. The third kappa shape index (κ3) is 3.22. The molecule has 0 spiro atoms. The number of carbonyl (C=O) groups excluding carboxylic acids is 1. The molecule has 1 amide bonds. The van der Waals surface area contributed by atoms with Gasteiger partial charge in [-0.15, -0.1) is 0 Å². The minimum atomic E-state index is -0.0453. The molecule has 2 N–H and O–H groups in total. The van der Waals surface area contributed by atoms with Gasteiger partial charge in [-0.1, -0.05) is 6.92 Å². The van der Waals surface area contributed by atoms with Gasteiger partial charge < -0.3 is 20.1 Å². The van der Waals surface area contributed by atoms with Crippen LogP contribution in [0.25, 0.3) is 0 Å². The normalized spacial score (nSPS) is 35.2. The van der Waals surface area contributed by atoms with Crippen LogP contribution in [0.2, 0.25) is 0 Å². The van der Waals surface area contributed by atoms with Gasteiger partial charge in [-0.3, -0.25) is 4.79 Å². The molecule has 104 valence electrons. The summed E-state index contributed by atoms with van der Waals surface area (Å²) in [4.78, 5) is 12.1. The molecule has 1 aliphatic heterocycles. The molecule has 0 aromatic carbocycles. The zero-order valence-corrected chi connectivity index (χ0v) is 11.3. The van der Waals surface area contributed by atoms with Crippen LogP contribution >= 0.6 is 0 Å². The molecule has 0 aromatic rings. The van der Waals surface area contributed by atoms with Crippen molar-refractivity contribution in [3.63, 3.8) is 0 Å². The second-order valence-corrected chi connectivity index (χ2v) is 5.06. The van der Waals surface area contributed by atoms with Crippen LogP contribution in [0, 0.1) is 5.92 Å². The van der Waals surface area contributed by atoms with Crippen LogP contribution in [0.1, 0.15) is 26.7 Å². The van der Waals surface area contributed by atoms with Gasteiger partial charge in [0.05, 0.1) is 25.2 Å². The molecule has 0 radical (unpaired) electrons. The predicted octanol–water partition coefficient (Wildman–Crippen LogP) is 0.295. The Morgan fingerprint density at radius 1 is 1.33 bits per heavy atom. The van der Waals surface area contributed by atoms with Crippen LogP contribution in [-0.2, 0) is 14.3 Å². The number of likely N-dealkylation sites (N-methyl/N-ethyl adjacent to an activating group) is 1. The van der Waals surface area contributed by atoms with Crippen molar-refractivity contribution in [2.24, 2.45) is 5.92 Å². The van der Waals surface area contributed by atoms with Crippen LogP contribution in [-0.4, -0.2) is 50.5 Å². The summed E-state index contributed by atoms with van der Waals surface area (Å²) in [6, 6.07) is 0.453. The first-order valence-electron chi connectivity index (χ1n) is 6.97. The van der Waals surface area contributed by atoms with Gasteiger partial charge in [0, 0.05) is 18.7 Å². The molecule has 1 saturated heterocycles. The third-order valence-corrected chi connectivity index (χ3v) is 3.73. The molecule has 2 atom stereocenters. The Bertz CT molecular complexity index is 279. The third-order valence-electron chi connectivity index (χ3n) is 3.73. The number of amides is 1. The summed E-state index contributed by atoms with van der Waals surface area (Å²) in [5.74, 6) is 0.0782. The number of ether oxygens (including phenoxy) is 2. The largest absolute Gasteiger partial charge is 0.379 e. The van der Waals surface area contributed by atoms with Gasteiger partial charge in [0.1, 0.15) is 0 Å². The van der Waals surface area contributed by atoms with Crippen molar-refractivity contribution in [3.05, 3.63) is 0 Å². The molecule has 2 aliphatic rings. The molecule has 1 heterocycles. The molecular weight excluding hydrogens is 232 g/mol. The standard InChI is InChI=1S/C13H24N2O3/c1-3-14-12-8-17-7-11(12)13(16)15-9-5-10(6-9)18-4-2/h9-12,14H,3-8H2,1-2H3,(H,15,16). The average Bonchev–Trinajstić information content (AvgIpc) is 2.75. The van der Waals surface area contributed by atoms with Crippen molar-refractivity contribution in [1.82, 2.24) is 10.6 Å². The van der Waals surface area contributed by atoms with E-state index in [4.69, 9.17) is 9.47 Å². The quantitative estimate of drug-likeness (QED) is 0.717. The Morgan fingerprint density at radius 3 is 2.78 bits per heavy atom. The van der Waals surface area contributed by atoms with Crippen molar-refractivity contribution in [1.29, 1.82) is 0 Å². The van der Waals surface area contributed by atoms with Crippen molar-refractivity contribution in [3.8, 4) is 0 Å². The van der Waals surface area contributed by atoms with E-state index in [1.165, 1.54) is 0 Å². The maximum absolute atomic E-state index is 12.1. The maximum atomic E-state index is 12.1. The Kier molecular flexibility index (Phi) is 4.97. The van der Waals surface area contributed by atoms with Crippen LogP contribution < -0.4 is 10.6 Å². The fourth-order valence-electron chi connectivity index (χ4n) is 2.64. The fraction of sp³-hybridized carbons (Fsp3) is 0.923. The second kappa shape index (κ2) is 6.50. The van der Waals surface area contributed by atoms with E-state index in [1.807, 2.05) is 13.8 Å². The van der Waals surface area contributed by atoms with Gasteiger partial charge in [0.2, 0.25) is 5.91 Å². The minimum Gasteiger partial charge on any atom is -0.379 e. The van der Waals surface area contributed by atoms with E-state index >= 15 is 0 Å². The number of hydrogen-bond donors (Lipinski definition) is 2. The molecule has 0 bridgehead atoms. The van der Waals surface area contributed by atoms with Crippen LogP contribution in [0.5, 0.6) is 0 Å². The summed E-state index contributed by atoms with van der Waals surface area (Å²) < 4.78 is 10.9. The summed E-state index contributed by atoms with van der Waals surface area (Å²) in [7, 11) is 0. The van der Waals surface area contributed by atoms with Crippen molar-refractivity contribution in [2.75, 3.05) is 26.4 Å². The number of hydrogen-bond acceptors (Lipinski definition) is 4. The molecule has 1 aliphatic carbocycles. The smallest absolute Gasteiger partial charge is 0.227 e. The topological polar surface area (TPSA) is 59.6 Å². The second-order valence-electron chi connectivity index (χ2n) is 5.06. The molecule has 2 fully saturated rings. The number of rotatable bonds is 6. The highest BCUT2D eigenvalue weighted by atomic mass is 16.5. The lowest BCUT2D eigenvalue weighted by molar-refractivity contribution is -0.128. The lowest BCUT2D eigenvalue weighted by Gasteiger charge is -2.36. The van der Waals surface area contributed by atoms with Crippen molar-refractivity contribution in [2.45, 2.75) is 44.9 Å². The molecule has 2 rings (SSSR count). The Hall–Kier alpha value is -0.650. The van der Waals surface area contributed by atoms with Gasteiger partial charge >= 0.3 is 0 Å². The molecule has 18 heavy (non-hydrogen) atoms. The van der Waals surface area contributed by atoms with E-state index in [2.05, 4.69) is 10.6 Å². The first-order valence-corrected chi connectivity index (χ1v) is 6.97. The summed E-state index contributed by atoms with van der Waals surface area (Å²) >= 11 is 0. The molecule has 0 aromatic heterocycles. The SMILES string of the molecule is CCNC1COCC1C(=O)NC1CC(OCC)C1. The van der Waals surface area contributed by atoms with Gasteiger partial charge in [0.15, 0.2) is 0 Å². The van der Waals surface area contributed by atoms with Crippen LogP contribution in [0.3, 0.4) is 0 Å². The molecule has 5 nitrogen and oxygen atoms in total. The minimum absolute atomic E-state index is 0.0453. The van der Waals surface area contributed by atoms with Gasteiger partial charge in [-0.25, -0.2) is 0 Å². The van der Waals surface area contributed by atoms with Gasteiger partial charge in [-0.2, -0.15) is 0 Å². The van der Waals surface area contributed by atoms with E-state index in [-0.39, 0.29) is 23.9 Å². The van der Waals surface area contributed by atoms with Crippen LogP contribution in [0.15, 0.2) is 0 Å². The highest BCUT2D eigenvalue weighted by Crippen LogP contribution is 2.24. The Morgan fingerprint density at radius 2 is 2.11 bits per heavy atom. The highest BCUT2D eigenvalue weighted by Gasteiger charge is 2.37. The first-order chi connectivity index (χ1) is 8.74. The maximum Gasteiger partial charge on any atom is 0.227 e. The van der Waals surface area contributed by atoms with E-state index in [9.17, 15) is 4.79 Å². The van der Waals surface area contributed by atoms with Crippen LogP contribution in [0.4, 0.5) is 0 Å². The monoisotopic (exact) mass is 256 g/mol. The first kappa shape index (κ1) is 13.8. The highest BCUT2D eigenvalue weighted by molar-refractivity contribution is 5.80. The van der Waals surface area contributed by atoms with Gasteiger partial charge in [0.25, 0.3) is 0 Å². The van der Waals surface area contributed by atoms with Gasteiger partial charge in [-0.05, 0) is 26.3 Å². The molecule has 1 saturated carbocycles. The summed E-state index contributed by atoms with van der Waals surface area (Å²) in [5.41, 5.74) is 0.